The number of fused-ring (bicyclic) bond motifs is 1. The second-order valence-corrected chi connectivity index (χ2v) is 7.12. The first kappa shape index (κ1) is 19.5. The number of aromatic amines is 1. The molecule has 0 unspecified atom stereocenters. The number of furan rings is 1. The summed E-state index contributed by atoms with van der Waals surface area (Å²) in [4.78, 5) is 27.4. The molecule has 3 N–H and O–H groups in total. The number of hydrogen-bond donors (Lipinski definition) is 3. The van der Waals surface area contributed by atoms with Gasteiger partial charge in [-0.25, -0.2) is 0 Å². The van der Waals surface area contributed by atoms with E-state index in [0.717, 1.165) is 23.9 Å². The Hall–Kier alpha value is -3.80. The van der Waals surface area contributed by atoms with Gasteiger partial charge in [0.25, 0.3) is 5.91 Å². The number of anilines is 1. The van der Waals surface area contributed by atoms with E-state index in [1.165, 1.54) is 17.2 Å². The Bertz CT molecular complexity index is 1130. The van der Waals surface area contributed by atoms with E-state index in [-0.39, 0.29) is 17.6 Å². The van der Waals surface area contributed by atoms with E-state index in [4.69, 9.17) is 4.42 Å². The lowest BCUT2D eigenvalue weighted by Gasteiger charge is -2.07. The maximum Gasteiger partial charge on any atom is 0.291 e. The summed E-state index contributed by atoms with van der Waals surface area (Å²) in [7, 11) is 0. The van der Waals surface area contributed by atoms with Gasteiger partial charge in [-0.3, -0.25) is 9.59 Å². The Kier molecular flexibility index (Phi) is 5.94. The smallest absolute Gasteiger partial charge is 0.291 e. The minimum atomic E-state index is -0.295. The van der Waals surface area contributed by atoms with Crippen LogP contribution in [0.5, 0.6) is 0 Å². The molecule has 0 aliphatic rings. The van der Waals surface area contributed by atoms with Crippen molar-refractivity contribution in [2.75, 3.05) is 5.32 Å². The van der Waals surface area contributed by atoms with E-state index in [0.29, 0.717) is 18.7 Å². The van der Waals surface area contributed by atoms with Gasteiger partial charge in [-0.15, -0.1) is 0 Å². The zero-order valence-electron chi connectivity index (χ0n) is 16.5. The molecule has 6 nitrogen and oxygen atoms in total. The predicted molar refractivity (Wildman–Crippen MR) is 116 cm³/mol. The van der Waals surface area contributed by atoms with Gasteiger partial charge >= 0.3 is 0 Å². The maximum absolute atomic E-state index is 12.2. The second kappa shape index (κ2) is 9.13. The number of rotatable bonds is 8. The number of hydrogen-bond acceptors (Lipinski definition) is 3. The Balaban J connectivity index is 1.20. The zero-order valence-corrected chi connectivity index (χ0v) is 16.5. The number of amides is 2. The summed E-state index contributed by atoms with van der Waals surface area (Å²) in [6.45, 7) is 0.457. The molecule has 30 heavy (non-hydrogen) atoms. The van der Waals surface area contributed by atoms with E-state index in [1.54, 1.807) is 24.3 Å². The van der Waals surface area contributed by atoms with Gasteiger partial charge in [0.15, 0.2) is 5.76 Å². The molecule has 2 aromatic carbocycles. The van der Waals surface area contributed by atoms with Crippen molar-refractivity contribution in [2.45, 2.75) is 25.8 Å². The first-order valence-corrected chi connectivity index (χ1v) is 9.94. The lowest BCUT2D eigenvalue weighted by molar-refractivity contribution is -0.121. The van der Waals surface area contributed by atoms with Gasteiger partial charge in [0.2, 0.25) is 5.91 Å². The Morgan fingerprint density at radius 3 is 2.60 bits per heavy atom. The summed E-state index contributed by atoms with van der Waals surface area (Å²) in [5, 5.41) is 6.94. The van der Waals surface area contributed by atoms with Crippen LogP contribution in [0.4, 0.5) is 5.69 Å². The molecule has 0 bridgehead atoms. The summed E-state index contributed by atoms with van der Waals surface area (Å²) in [6, 6.07) is 18.8. The molecule has 0 aliphatic heterocycles. The molecule has 0 saturated heterocycles. The molecule has 0 saturated carbocycles. The van der Waals surface area contributed by atoms with E-state index < -0.39 is 0 Å². The lowest BCUT2D eigenvalue weighted by atomic mass is 10.1. The maximum atomic E-state index is 12.2. The first-order valence-electron chi connectivity index (χ1n) is 9.94. The second-order valence-electron chi connectivity index (χ2n) is 7.12. The summed E-state index contributed by atoms with van der Waals surface area (Å²) >= 11 is 0. The minimum Gasteiger partial charge on any atom is -0.459 e. The van der Waals surface area contributed by atoms with Gasteiger partial charge in [-0.2, -0.15) is 0 Å². The third-order valence-corrected chi connectivity index (χ3v) is 4.97. The highest BCUT2D eigenvalue weighted by atomic mass is 16.3. The number of H-pyrrole nitrogens is 1. The van der Waals surface area contributed by atoms with Gasteiger partial charge in [-0.05, 0) is 54.3 Å². The fourth-order valence-corrected chi connectivity index (χ4v) is 3.37. The van der Waals surface area contributed by atoms with Crippen molar-refractivity contribution in [3.05, 3.63) is 90.0 Å². The number of carbonyl (C=O) groups excluding carboxylic acids is 2. The SMILES string of the molecule is O=C(CCCc1c[nH]c2ccccc12)NCc1ccc(NC(=O)c2ccco2)cc1. The van der Waals surface area contributed by atoms with Crippen molar-refractivity contribution in [3.8, 4) is 0 Å². The number of nitrogens with one attached hydrogen (secondary N) is 3. The number of benzene rings is 2. The van der Waals surface area contributed by atoms with E-state index in [1.807, 2.05) is 30.5 Å². The van der Waals surface area contributed by atoms with Gasteiger partial charge in [-0.1, -0.05) is 30.3 Å². The highest BCUT2D eigenvalue weighted by Gasteiger charge is 2.09. The van der Waals surface area contributed by atoms with Gasteiger partial charge in [0.1, 0.15) is 0 Å². The van der Waals surface area contributed by atoms with Crippen LogP contribution in [0, 0.1) is 0 Å². The molecule has 0 spiro atoms. The van der Waals surface area contributed by atoms with E-state index in [2.05, 4.69) is 27.8 Å². The van der Waals surface area contributed by atoms with Gasteiger partial charge in [0, 0.05) is 35.8 Å². The highest BCUT2D eigenvalue weighted by Crippen LogP contribution is 2.19. The summed E-state index contributed by atoms with van der Waals surface area (Å²) in [5.74, 6) is 0.000250. The van der Waals surface area contributed by atoms with E-state index >= 15 is 0 Å². The molecule has 152 valence electrons. The van der Waals surface area contributed by atoms with Crippen LogP contribution in [0.3, 0.4) is 0 Å². The topological polar surface area (TPSA) is 87.1 Å². The van der Waals surface area contributed by atoms with Crippen LogP contribution in [0.2, 0.25) is 0 Å². The van der Waals surface area contributed by atoms with E-state index in [9.17, 15) is 9.59 Å². The molecule has 2 aromatic heterocycles. The molecule has 2 heterocycles. The molecule has 6 heteroatoms. The monoisotopic (exact) mass is 401 g/mol. The quantitative estimate of drug-likeness (QED) is 0.402. The highest BCUT2D eigenvalue weighted by molar-refractivity contribution is 6.02. The molecule has 0 radical (unpaired) electrons. The average molecular weight is 401 g/mol. The molecule has 0 atom stereocenters. The summed E-state index contributed by atoms with van der Waals surface area (Å²) < 4.78 is 5.07. The minimum absolute atomic E-state index is 0.0324. The number of aromatic nitrogens is 1. The van der Waals surface area contributed by atoms with Crippen molar-refractivity contribution in [2.24, 2.45) is 0 Å². The summed E-state index contributed by atoms with van der Waals surface area (Å²) in [5.41, 5.74) is 4.01. The van der Waals surface area contributed by atoms with Crippen molar-refractivity contribution >= 4 is 28.4 Å². The van der Waals surface area contributed by atoms with Crippen molar-refractivity contribution in [1.82, 2.24) is 10.3 Å². The van der Waals surface area contributed by atoms with Gasteiger partial charge in [0.05, 0.1) is 6.26 Å². The largest absolute Gasteiger partial charge is 0.459 e. The molecule has 0 aliphatic carbocycles. The van der Waals surface area contributed by atoms with Crippen molar-refractivity contribution < 1.29 is 14.0 Å². The van der Waals surface area contributed by atoms with Crippen molar-refractivity contribution in [1.29, 1.82) is 0 Å². The number of aryl methyl sites for hydroxylation is 1. The Labute approximate surface area is 174 Å². The number of para-hydroxylation sites is 1. The average Bonchev–Trinajstić information content (AvgIpc) is 3.44. The first-order chi connectivity index (χ1) is 14.7. The Morgan fingerprint density at radius 1 is 0.967 bits per heavy atom. The molecule has 0 fully saturated rings. The number of carbonyl (C=O) groups is 2. The molecule has 2 amide bonds. The fraction of sp³-hybridized carbons (Fsp3) is 0.167. The van der Waals surface area contributed by atoms with Crippen LogP contribution in [-0.2, 0) is 17.8 Å². The molecule has 4 aromatic rings. The van der Waals surface area contributed by atoms with Crippen molar-refractivity contribution in [3.63, 3.8) is 0 Å². The molecular weight excluding hydrogens is 378 g/mol. The van der Waals surface area contributed by atoms with Crippen LogP contribution in [-0.4, -0.2) is 16.8 Å². The third kappa shape index (κ3) is 4.78. The van der Waals surface area contributed by atoms with Crippen LogP contribution >= 0.6 is 0 Å². The summed E-state index contributed by atoms with van der Waals surface area (Å²) in [6.07, 6.45) is 5.62. The van der Waals surface area contributed by atoms with Gasteiger partial charge < -0.3 is 20.0 Å². The van der Waals surface area contributed by atoms with Crippen LogP contribution in [0.15, 0.2) is 77.5 Å². The zero-order chi connectivity index (χ0) is 20.8. The standard InChI is InChI=1S/C24H23N3O3/c28-23(9-3-5-18-16-25-21-7-2-1-6-20(18)21)26-15-17-10-12-19(13-11-17)27-24(29)22-8-4-14-30-22/h1-2,4,6-8,10-14,16,25H,3,5,9,15H2,(H,26,28)(H,27,29). The normalized spacial score (nSPS) is 10.8. The Morgan fingerprint density at radius 2 is 1.80 bits per heavy atom. The fourth-order valence-electron chi connectivity index (χ4n) is 3.37. The van der Waals surface area contributed by atoms with Crippen LogP contribution < -0.4 is 10.6 Å². The molecule has 4 rings (SSSR count). The van der Waals surface area contributed by atoms with Crippen LogP contribution in [0.25, 0.3) is 10.9 Å². The van der Waals surface area contributed by atoms with Crippen LogP contribution in [0.1, 0.15) is 34.5 Å². The third-order valence-electron chi connectivity index (χ3n) is 4.97. The predicted octanol–water partition coefficient (Wildman–Crippen LogP) is 4.65. The molecular formula is C24H23N3O3. The lowest BCUT2D eigenvalue weighted by Crippen LogP contribution is -2.22.